The zero-order valence-corrected chi connectivity index (χ0v) is 12.9. The lowest BCUT2D eigenvalue weighted by Gasteiger charge is -2.18. The quantitative estimate of drug-likeness (QED) is 0.558. The molecule has 0 fully saturated rings. The maximum atomic E-state index is 11.9. The first kappa shape index (κ1) is 17.1. The SMILES string of the molecule is C#CCOc1ccccc1CNCCC(=O)N(CC)CC. The molecule has 21 heavy (non-hydrogen) atoms. The van der Waals surface area contributed by atoms with E-state index in [2.05, 4.69) is 11.2 Å². The van der Waals surface area contributed by atoms with Crippen molar-refractivity contribution in [3.8, 4) is 18.1 Å². The molecule has 0 aliphatic heterocycles. The Hall–Kier alpha value is -1.99. The van der Waals surface area contributed by atoms with Crippen LogP contribution in [0.15, 0.2) is 24.3 Å². The fourth-order valence-corrected chi connectivity index (χ4v) is 2.06. The first-order valence-corrected chi connectivity index (χ1v) is 7.35. The van der Waals surface area contributed by atoms with Crippen molar-refractivity contribution in [1.29, 1.82) is 0 Å². The second-order valence-electron chi connectivity index (χ2n) is 4.59. The van der Waals surface area contributed by atoms with E-state index in [-0.39, 0.29) is 12.5 Å². The average Bonchev–Trinajstić information content (AvgIpc) is 2.51. The van der Waals surface area contributed by atoms with Gasteiger partial charge in [-0.2, -0.15) is 0 Å². The number of benzene rings is 1. The van der Waals surface area contributed by atoms with Crippen molar-refractivity contribution in [1.82, 2.24) is 10.2 Å². The highest BCUT2D eigenvalue weighted by Crippen LogP contribution is 2.17. The summed E-state index contributed by atoms with van der Waals surface area (Å²) in [7, 11) is 0. The molecule has 0 spiro atoms. The van der Waals surface area contributed by atoms with Crippen LogP contribution in [0.3, 0.4) is 0 Å². The Morgan fingerprint density at radius 2 is 2.05 bits per heavy atom. The molecule has 1 aromatic carbocycles. The van der Waals surface area contributed by atoms with E-state index < -0.39 is 0 Å². The fraction of sp³-hybridized carbons (Fsp3) is 0.471. The van der Waals surface area contributed by atoms with Crippen molar-refractivity contribution in [2.24, 2.45) is 0 Å². The molecule has 114 valence electrons. The molecule has 0 radical (unpaired) electrons. The lowest BCUT2D eigenvalue weighted by atomic mass is 10.2. The van der Waals surface area contributed by atoms with Crippen LogP contribution in [-0.2, 0) is 11.3 Å². The predicted molar refractivity (Wildman–Crippen MR) is 85.0 cm³/mol. The Balaban J connectivity index is 2.39. The number of nitrogens with zero attached hydrogens (tertiary/aromatic N) is 1. The molecule has 1 amide bonds. The van der Waals surface area contributed by atoms with Gasteiger partial charge in [0.15, 0.2) is 0 Å². The van der Waals surface area contributed by atoms with E-state index >= 15 is 0 Å². The average molecular weight is 288 g/mol. The van der Waals surface area contributed by atoms with Gasteiger partial charge in [-0.1, -0.05) is 24.1 Å². The van der Waals surface area contributed by atoms with E-state index in [1.807, 2.05) is 43.0 Å². The lowest BCUT2D eigenvalue weighted by molar-refractivity contribution is -0.130. The van der Waals surface area contributed by atoms with Gasteiger partial charge in [0.25, 0.3) is 0 Å². The second kappa shape index (κ2) is 9.84. The highest BCUT2D eigenvalue weighted by Gasteiger charge is 2.08. The van der Waals surface area contributed by atoms with Gasteiger partial charge in [-0.25, -0.2) is 0 Å². The van der Waals surface area contributed by atoms with Gasteiger partial charge in [0.1, 0.15) is 12.4 Å². The van der Waals surface area contributed by atoms with Crippen molar-refractivity contribution in [3.05, 3.63) is 29.8 Å². The van der Waals surface area contributed by atoms with Crippen LogP contribution >= 0.6 is 0 Å². The molecule has 0 aliphatic rings. The highest BCUT2D eigenvalue weighted by molar-refractivity contribution is 5.76. The third-order valence-corrected chi connectivity index (χ3v) is 3.23. The Morgan fingerprint density at radius 1 is 1.33 bits per heavy atom. The molecule has 1 aromatic rings. The van der Waals surface area contributed by atoms with Crippen molar-refractivity contribution in [2.75, 3.05) is 26.2 Å². The van der Waals surface area contributed by atoms with Crippen LogP contribution in [0.25, 0.3) is 0 Å². The molecule has 0 atom stereocenters. The summed E-state index contributed by atoms with van der Waals surface area (Å²) in [5.74, 6) is 3.43. The fourth-order valence-electron chi connectivity index (χ4n) is 2.06. The normalized spacial score (nSPS) is 9.95. The number of para-hydroxylation sites is 1. The third kappa shape index (κ3) is 5.88. The van der Waals surface area contributed by atoms with Gasteiger partial charge in [-0.05, 0) is 19.9 Å². The summed E-state index contributed by atoms with van der Waals surface area (Å²) in [6, 6.07) is 7.76. The van der Waals surface area contributed by atoms with E-state index in [9.17, 15) is 4.79 Å². The van der Waals surface area contributed by atoms with E-state index in [0.717, 1.165) is 24.4 Å². The van der Waals surface area contributed by atoms with Crippen LogP contribution in [0.2, 0.25) is 0 Å². The molecule has 0 saturated heterocycles. The molecule has 1 N–H and O–H groups in total. The zero-order valence-electron chi connectivity index (χ0n) is 12.9. The number of rotatable bonds is 9. The van der Waals surface area contributed by atoms with Crippen molar-refractivity contribution >= 4 is 5.91 Å². The first-order valence-electron chi connectivity index (χ1n) is 7.35. The summed E-state index contributed by atoms with van der Waals surface area (Å²) in [5, 5.41) is 3.27. The van der Waals surface area contributed by atoms with Crippen molar-refractivity contribution in [3.63, 3.8) is 0 Å². The zero-order chi connectivity index (χ0) is 15.5. The van der Waals surface area contributed by atoms with Crippen molar-refractivity contribution < 1.29 is 9.53 Å². The van der Waals surface area contributed by atoms with Gasteiger partial charge < -0.3 is 15.0 Å². The predicted octanol–water partition coefficient (Wildman–Crippen LogP) is 2.05. The number of hydrogen-bond acceptors (Lipinski definition) is 3. The van der Waals surface area contributed by atoms with Gasteiger partial charge in [0, 0.05) is 38.2 Å². The molecular formula is C17H24N2O2. The van der Waals surface area contributed by atoms with E-state index in [1.165, 1.54) is 0 Å². The van der Waals surface area contributed by atoms with Crippen LogP contribution in [0.4, 0.5) is 0 Å². The van der Waals surface area contributed by atoms with Gasteiger partial charge in [0.2, 0.25) is 5.91 Å². The van der Waals surface area contributed by atoms with Gasteiger partial charge in [-0.15, -0.1) is 6.42 Å². The Kier molecular flexibility index (Phi) is 8.00. The van der Waals surface area contributed by atoms with Crippen molar-refractivity contribution in [2.45, 2.75) is 26.8 Å². The standard InChI is InChI=1S/C17H24N2O2/c1-4-13-21-16-10-8-7-9-15(16)14-18-12-11-17(20)19(5-2)6-3/h1,7-10,18H,5-6,11-14H2,2-3H3. The van der Waals surface area contributed by atoms with Gasteiger partial charge in [0.05, 0.1) is 0 Å². The van der Waals surface area contributed by atoms with Gasteiger partial charge in [-0.3, -0.25) is 4.79 Å². The smallest absolute Gasteiger partial charge is 0.223 e. The van der Waals surface area contributed by atoms with Crippen LogP contribution in [0.1, 0.15) is 25.8 Å². The van der Waals surface area contributed by atoms with Crippen LogP contribution in [0.5, 0.6) is 5.75 Å². The Bertz CT molecular complexity index is 476. The minimum atomic E-state index is 0.185. The molecule has 4 nitrogen and oxygen atoms in total. The number of terminal acetylenes is 1. The second-order valence-corrected chi connectivity index (χ2v) is 4.59. The monoisotopic (exact) mass is 288 g/mol. The summed E-state index contributed by atoms with van der Waals surface area (Å²) in [5.41, 5.74) is 1.04. The van der Waals surface area contributed by atoms with Gasteiger partial charge >= 0.3 is 0 Å². The Morgan fingerprint density at radius 3 is 2.71 bits per heavy atom. The largest absolute Gasteiger partial charge is 0.481 e. The summed E-state index contributed by atoms with van der Waals surface area (Å²) < 4.78 is 5.49. The highest BCUT2D eigenvalue weighted by atomic mass is 16.5. The number of carbonyl (C=O) groups excluding carboxylic acids is 1. The van der Waals surface area contributed by atoms with Crippen LogP contribution in [0, 0.1) is 12.3 Å². The number of carbonyl (C=O) groups is 1. The molecule has 0 aliphatic carbocycles. The van der Waals surface area contributed by atoms with Crippen LogP contribution < -0.4 is 10.1 Å². The molecule has 0 saturated carbocycles. The molecular weight excluding hydrogens is 264 g/mol. The minimum Gasteiger partial charge on any atom is -0.481 e. The molecule has 4 heteroatoms. The number of hydrogen-bond donors (Lipinski definition) is 1. The lowest BCUT2D eigenvalue weighted by Crippen LogP contribution is -2.32. The van der Waals surface area contributed by atoms with E-state index in [1.54, 1.807) is 0 Å². The van der Waals surface area contributed by atoms with Crippen LogP contribution in [-0.4, -0.2) is 37.0 Å². The maximum Gasteiger partial charge on any atom is 0.223 e. The van der Waals surface area contributed by atoms with E-state index in [4.69, 9.17) is 11.2 Å². The number of ether oxygens (including phenoxy) is 1. The summed E-state index contributed by atoms with van der Waals surface area (Å²) >= 11 is 0. The molecule has 0 unspecified atom stereocenters. The first-order chi connectivity index (χ1) is 10.2. The topological polar surface area (TPSA) is 41.6 Å². The molecule has 1 rings (SSSR count). The molecule has 0 bridgehead atoms. The van der Waals surface area contributed by atoms with E-state index in [0.29, 0.717) is 19.5 Å². The third-order valence-electron chi connectivity index (χ3n) is 3.23. The number of nitrogens with one attached hydrogen (secondary N) is 1. The maximum absolute atomic E-state index is 11.9. The summed E-state index contributed by atoms with van der Waals surface area (Å²) in [6.07, 6.45) is 5.71. The Labute approximate surface area is 127 Å². The summed E-state index contributed by atoms with van der Waals surface area (Å²) in [6.45, 7) is 7.08. The number of amides is 1. The molecule has 0 heterocycles. The summed E-state index contributed by atoms with van der Waals surface area (Å²) in [4.78, 5) is 13.7. The molecule has 0 aromatic heterocycles. The minimum absolute atomic E-state index is 0.185.